The molecule has 0 saturated heterocycles. The van der Waals surface area contributed by atoms with Crippen molar-refractivity contribution in [2.75, 3.05) is 10.6 Å². The highest BCUT2D eigenvalue weighted by Gasteiger charge is 2.19. The van der Waals surface area contributed by atoms with Crippen molar-refractivity contribution in [2.45, 2.75) is 47.6 Å². The van der Waals surface area contributed by atoms with E-state index in [1.54, 1.807) is 0 Å². The SMILES string of the molecule is CC(=O)Nc1c(C)ccc(NC(=O)N[C@H](C)c2c(C)nn(C)c2C)c1C. The Labute approximate surface area is 154 Å². The smallest absolute Gasteiger partial charge is 0.319 e. The molecule has 3 amide bonds. The van der Waals surface area contributed by atoms with Crippen molar-refractivity contribution in [3.05, 3.63) is 40.2 Å². The molecule has 0 fully saturated rings. The van der Waals surface area contributed by atoms with Crippen LogP contribution in [0, 0.1) is 27.7 Å². The lowest BCUT2D eigenvalue weighted by Gasteiger charge is -2.18. The fraction of sp³-hybridized carbons (Fsp3) is 0.421. The lowest BCUT2D eigenvalue weighted by Crippen LogP contribution is -2.32. The van der Waals surface area contributed by atoms with Crippen molar-refractivity contribution < 1.29 is 9.59 Å². The number of urea groups is 1. The molecule has 0 aliphatic carbocycles. The van der Waals surface area contributed by atoms with Gasteiger partial charge in [0.15, 0.2) is 0 Å². The van der Waals surface area contributed by atoms with Crippen LogP contribution in [0.1, 0.15) is 48.0 Å². The van der Waals surface area contributed by atoms with Gasteiger partial charge in [-0.25, -0.2) is 4.79 Å². The highest BCUT2D eigenvalue weighted by molar-refractivity contribution is 5.95. The molecule has 1 atom stereocenters. The van der Waals surface area contributed by atoms with Gasteiger partial charge >= 0.3 is 6.03 Å². The molecule has 1 aromatic heterocycles. The summed E-state index contributed by atoms with van der Waals surface area (Å²) in [5.74, 6) is -0.144. The van der Waals surface area contributed by atoms with E-state index in [1.807, 2.05) is 58.5 Å². The van der Waals surface area contributed by atoms with E-state index in [-0.39, 0.29) is 18.0 Å². The van der Waals surface area contributed by atoms with Gasteiger partial charge in [-0.05, 0) is 51.8 Å². The number of carbonyl (C=O) groups is 2. The molecule has 7 nitrogen and oxygen atoms in total. The average Bonchev–Trinajstić information content (AvgIpc) is 2.79. The van der Waals surface area contributed by atoms with Crippen molar-refractivity contribution in [3.63, 3.8) is 0 Å². The zero-order valence-corrected chi connectivity index (χ0v) is 16.4. The van der Waals surface area contributed by atoms with Gasteiger partial charge < -0.3 is 16.0 Å². The summed E-state index contributed by atoms with van der Waals surface area (Å²) < 4.78 is 1.81. The maximum atomic E-state index is 12.5. The van der Waals surface area contributed by atoms with Gasteiger partial charge in [0, 0.05) is 36.6 Å². The van der Waals surface area contributed by atoms with Crippen molar-refractivity contribution in [1.82, 2.24) is 15.1 Å². The highest BCUT2D eigenvalue weighted by atomic mass is 16.2. The van der Waals surface area contributed by atoms with Crippen LogP contribution in [-0.4, -0.2) is 21.7 Å². The monoisotopic (exact) mass is 357 g/mol. The fourth-order valence-electron chi connectivity index (χ4n) is 3.19. The third-order valence-electron chi connectivity index (χ3n) is 4.57. The van der Waals surface area contributed by atoms with E-state index in [1.165, 1.54) is 6.92 Å². The first-order valence-electron chi connectivity index (χ1n) is 8.57. The summed E-state index contributed by atoms with van der Waals surface area (Å²) >= 11 is 0. The van der Waals surface area contributed by atoms with Crippen LogP contribution in [0.15, 0.2) is 12.1 Å². The maximum absolute atomic E-state index is 12.5. The Morgan fingerprint density at radius 2 is 1.77 bits per heavy atom. The molecule has 0 unspecified atom stereocenters. The van der Waals surface area contributed by atoms with Crippen molar-refractivity contribution >= 4 is 23.3 Å². The zero-order chi connectivity index (χ0) is 19.6. The van der Waals surface area contributed by atoms with Gasteiger partial charge in [-0.2, -0.15) is 5.10 Å². The topological polar surface area (TPSA) is 88.1 Å². The average molecular weight is 357 g/mol. The summed E-state index contributed by atoms with van der Waals surface area (Å²) in [5.41, 5.74) is 6.08. The van der Waals surface area contributed by atoms with E-state index < -0.39 is 0 Å². The van der Waals surface area contributed by atoms with Crippen LogP contribution in [0.3, 0.4) is 0 Å². The summed E-state index contributed by atoms with van der Waals surface area (Å²) in [5, 5.41) is 13.0. The van der Waals surface area contributed by atoms with Gasteiger partial charge in [0.05, 0.1) is 11.7 Å². The number of aromatic nitrogens is 2. The van der Waals surface area contributed by atoms with Crippen LogP contribution in [-0.2, 0) is 11.8 Å². The number of rotatable bonds is 4. The minimum atomic E-state index is -0.305. The van der Waals surface area contributed by atoms with E-state index >= 15 is 0 Å². The zero-order valence-electron chi connectivity index (χ0n) is 16.4. The van der Waals surface area contributed by atoms with E-state index in [9.17, 15) is 9.59 Å². The number of nitrogens with zero attached hydrogens (tertiary/aromatic N) is 2. The second kappa shape index (κ2) is 7.59. The van der Waals surface area contributed by atoms with Crippen LogP contribution in [0.5, 0.6) is 0 Å². The second-order valence-electron chi connectivity index (χ2n) is 6.64. The Bertz CT molecular complexity index is 854. The number of nitrogens with one attached hydrogen (secondary N) is 3. The van der Waals surface area contributed by atoms with E-state index in [0.717, 1.165) is 33.8 Å². The molecule has 0 aliphatic rings. The number of aryl methyl sites for hydroxylation is 3. The molecule has 2 rings (SSSR count). The van der Waals surface area contributed by atoms with Gasteiger partial charge in [-0.3, -0.25) is 9.48 Å². The van der Waals surface area contributed by atoms with E-state index in [2.05, 4.69) is 21.0 Å². The summed E-state index contributed by atoms with van der Waals surface area (Å²) in [6.45, 7) is 11.1. The maximum Gasteiger partial charge on any atom is 0.319 e. The quantitative estimate of drug-likeness (QED) is 0.782. The molecule has 2 aromatic rings. The van der Waals surface area contributed by atoms with Gasteiger partial charge in [0.25, 0.3) is 0 Å². The van der Waals surface area contributed by atoms with Crippen LogP contribution in [0.2, 0.25) is 0 Å². The Hall–Kier alpha value is -2.83. The summed E-state index contributed by atoms with van der Waals surface area (Å²) in [6, 6.07) is 3.22. The van der Waals surface area contributed by atoms with Crippen molar-refractivity contribution in [3.8, 4) is 0 Å². The van der Waals surface area contributed by atoms with Crippen LogP contribution >= 0.6 is 0 Å². The molecule has 0 saturated carbocycles. The first-order chi connectivity index (χ1) is 12.1. The molecule has 1 heterocycles. The Morgan fingerprint density at radius 1 is 1.12 bits per heavy atom. The molecule has 26 heavy (non-hydrogen) atoms. The van der Waals surface area contributed by atoms with Gasteiger partial charge in [-0.15, -0.1) is 0 Å². The van der Waals surface area contributed by atoms with Gasteiger partial charge in [-0.1, -0.05) is 6.07 Å². The minimum absolute atomic E-state index is 0.144. The molecule has 7 heteroatoms. The molecule has 3 N–H and O–H groups in total. The summed E-state index contributed by atoms with van der Waals surface area (Å²) in [6.07, 6.45) is 0. The Kier molecular flexibility index (Phi) is 5.69. The molecular weight excluding hydrogens is 330 g/mol. The number of hydrogen-bond donors (Lipinski definition) is 3. The summed E-state index contributed by atoms with van der Waals surface area (Å²) in [7, 11) is 1.89. The molecule has 0 spiro atoms. The summed E-state index contributed by atoms with van der Waals surface area (Å²) in [4.78, 5) is 23.9. The van der Waals surface area contributed by atoms with Gasteiger partial charge in [0.2, 0.25) is 5.91 Å². The number of amides is 3. The van der Waals surface area contributed by atoms with Crippen LogP contribution in [0.25, 0.3) is 0 Å². The number of anilines is 2. The third-order valence-corrected chi connectivity index (χ3v) is 4.57. The molecule has 0 aliphatic heterocycles. The first-order valence-corrected chi connectivity index (χ1v) is 8.57. The number of carbonyl (C=O) groups excluding carboxylic acids is 2. The van der Waals surface area contributed by atoms with E-state index in [0.29, 0.717) is 5.69 Å². The standard InChI is InChI=1S/C19H27N5O2/c1-10-8-9-16(11(2)18(10)21-15(6)25)22-19(26)20-12(3)17-13(4)23-24(7)14(17)5/h8-9,12H,1-7H3,(H,21,25)(H2,20,22,26)/t12-/m1/s1. The lowest BCUT2D eigenvalue weighted by molar-refractivity contribution is -0.114. The fourth-order valence-corrected chi connectivity index (χ4v) is 3.19. The predicted molar refractivity (Wildman–Crippen MR) is 103 cm³/mol. The Morgan fingerprint density at radius 3 is 2.31 bits per heavy atom. The van der Waals surface area contributed by atoms with Gasteiger partial charge in [0.1, 0.15) is 0 Å². The molecule has 0 bridgehead atoms. The van der Waals surface area contributed by atoms with Crippen molar-refractivity contribution in [1.29, 1.82) is 0 Å². The second-order valence-corrected chi connectivity index (χ2v) is 6.64. The lowest BCUT2D eigenvalue weighted by atomic mass is 10.1. The largest absolute Gasteiger partial charge is 0.331 e. The highest BCUT2D eigenvalue weighted by Crippen LogP contribution is 2.27. The molecule has 0 radical (unpaired) electrons. The predicted octanol–water partition coefficient (Wildman–Crippen LogP) is 3.49. The molecular formula is C19H27N5O2. The molecule has 1 aromatic carbocycles. The van der Waals surface area contributed by atoms with Crippen LogP contribution < -0.4 is 16.0 Å². The Balaban J connectivity index is 2.16. The molecule has 140 valence electrons. The number of benzene rings is 1. The minimum Gasteiger partial charge on any atom is -0.331 e. The third kappa shape index (κ3) is 4.04. The van der Waals surface area contributed by atoms with Crippen molar-refractivity contribution in [2.24, 2.45) is 7.05 Å². The first kappa shape index (κ1) is 19.5. The van der Waals surface area contributed by atoms with Crippen LogP contribution in [0.4, 0.5) is 16.2 Å². The van der Waals surface area contributed by atoms with E-state index in [4.69, 9.17) is 0 Å². The number of hydrogen-bond acceptors (Lipinski definition) is 3. The normalized spacial score (nSPS) is 11.8.